The summed E-state index contributed by atoms with van der Waals surface area (Å²) >= 11 is 0. The van der Waals surface area contributed by atoms with Crippen LogP contribution in [0.1, 0.15) is 37.5 Å². The normalized spacial score (nSPS) is 13.9. The van der Waals surface area contributed by atoms with Crippen LogP contribution in [0.5, 0.6) is 5.75 Å². The number of rotatable bonds is 3. The van der Waals surface area contributed by atoms with Gasteiger partial charge in [0.2, 0.25) is 0 Å². The molecule has 4 nitrogen and oxygen atoms in total. The van der Waals surface area contributed by atoms with Gasteiger partial charge in [-0.05, 0) is 56.5 Å². The first kappa shape index (κ1) is 18.2. The molecule has 0 spiro atoms. The van der Waals surface area contributed by atoms with E-state index in [0.717, 1.165) is 12.0 Å². The molecule has 3 rings (SSSR count). The summed E-state index contributed by atoms with van der Waals surface area (Å²) in [5.74, 6) is 0.389. The third-order valence-electron chi connectivity index (χ3n) is 4.19. The van der Waals surface area contributed by atoms with Crippen molar-refractivity contribution in [2.24, 2.45) is 0 Å². The fourth-order valence-electron chi connectivity index (χ4n) is 2.88. The topological polar surface area (TPSA) is 38.8 Å². The summed E-state index contributed by atoms with van der Waals surface area (Å²) in [5.41, 5.74) is 2.24. The second-order valence-corrected chi connectivity index (χ2v) is 7.46. The van der Waals surface area contributed by atoms with Gasteiger partial charge in [-0.3, -0.25) is 0 Å². The Morgan fingerprint density at radius 2 is 1.92 bits per heavy atom. The highest BCUT2D eigenvalue weighted by molar-refractivity contribution is 5.68. The molecule has 0 aromatic heterocycles. The third-order valence-corrected chi connectivity index (χ3v) is 4.19. The number of benzene rings is 2. The lowest BCUT2D eigenvalue weighted by Crippen LogP contribution is -2.39. The summed E-state index contributed by atoms with van der Waals surface area (Å²) in [5, 5.41) is 0. The van der Waals surface area contributed by atoms with E-state index in [9.17, 15) is 9.18 Å². The van der Waals surface area contributed by atoms with Crippen molar-refractivity contribution in [2.75, 3.05) is 6.54 Å². The molecule has 138 valence electrons. The number of amides is 1. The van der Waals surface area contributed by atoms with Crippen LogP contribution in [-0.4, -0.2) is 23.1 Å². The number of carbonyl (C=O) groups excluding carboxylic acids is 1. The molecule has 0 saturated carbocycles. The van der Waals surface area contributed by atoms with Crippen molar-refractivity contribution >= 4 is 6.09 Å². The van der Waals surface area contributed by atoms with Crippen LogP contribution in [0, 0.1) is 5.82 Å². The van der Waals surface area contributed by atoms with Crippen molar-refractivity contribution < 1.29 is 18.7 Å². The molecule has 5 heteroatoms. The van der Waals surface area contributed by atoms with Gasteiger partial charge >= 0.3 is 6.09 Å². The molecule has 0 saturated heterocycles. The van der Waals surface area contributed by atoms with Gasteiger partial charge in [0, 0.05) is 18.7 Å². The van der Waals surface area contributed by atoms with Gasteiger partial charge in [0.05, 0.1) is 0 Å². The number of ether oxygens (including phenoxy) is 2. The fourth-order valence-corrected chi connectivity index (χ4v) is 2.88. The van der Waals surface area contributed by atoms with Gasteiger partial charge in [0.15, 0.2) is 0 Å². The van der Waals surface area contributed by atoms with Gasteiger partial charge in [0.1, 0.15) is 23.8 Å². The smallest absolute Gasteiger partial charge is 0.410 e. The van der Waals surface area contributed by atoms with Crippen LogP contribution >= 0.6 is 0 Å². The van der Waals surface area contributed by atoms with Crippen LogP contribution in [0.2, 0.25) is 0 Å². The first-order valence-electron chi connectivity index (χ1n) is 8.78. The molecule has 1 amide bonds. The summed E-state index contributed by atoms with van der Waals surface area (Å²) in [4.78, 5) is 14.0. The Morgan fingerprint density at radius 1 is 1.15 bits per heavy atom. The van der Waals surface area contributed by atoms with Gasteiger partial charge in [0.25, 0.3) is 0 Å². The Hall–Kier alpha value is -2.56. The van der Waals surface area contributed by atoms with Crippen molar-refractivity contribution in [3.05, 3.63) is 65.0 Å². The number of fused-ring (bicyclic) bond motifs is 1. The second-order valence-electron chi connectivity index (χ2n) is 7.46. The summed E-state index contributed by atoms with van der Waals surface area (Å²) in [7, 11) is 0. The van der Waals surface area contributed by atoms with E-state index in [2.05, 4.69) is 0 Å². The summed E-state index contributed by atoms with van der Waals surface area (Å²) in [6.07, 6.45) is 0.475. The lowest BCUT2D eigenvalue weighted by molar-refractivity contribution is 0.0223. The van der Waals surface area contributed by atoms with E-state index in [-0.39, 0.29) is 18.5 Å². The zero-order valence-corrected chi connectivity index (χ0v) is 15.4. The Kier molecular flexibility index (Phi) is 5.16. The van der Waals surface area contributed by atoms with Crippen molar-refractivity contribution in [3.8, 4) is 5.75 Å². The zero-order valence-electron chi connectivity index (χ0n) is 15.4. The Labute approximate surface area is 153 Å². The number of hydrogen-bond acceptors (Lipinski definition) is 3. The summed E-state index contributed by atoms with van der Waals surface area (Å²) in [6, 6.07) is 12.4. The molecule has 0 bridgehead atoms. The van der Waals surface area contributed by atoms with Gasteiger partial charge in [-0.25, -0.2) is 9.18 Å². The maximum absolute atomic E-state index is 13.7. The van der Waals surface area contributed by atoms with Crippen molar-refractivity contribution in [1.82, 2.24) is 4.90 Å². The minimum absolute atomic E-state index is 0.168. The van der Waals surface area contributed by atoms with Crippen molar-refractivity contribution in [2.45, 2.75) is 45.9 Å². The predicted molar refractivity (Wildman–Crippen MR) is 97.5 cm³/mol. The first-order valence-corrected chi connectivity index (χ1v) is 8.78. The minimum Gasteiger partial charge on any atom is -0.489 e. The van der Waals surface area contributed by atoms with E-state index >= 15 is 0 Å². The Balaban J connectivity index is 1.67. The molecular formula is C21H24FNO3. The van der Waals surface area contributed by atoms with Gasteiger partial charge in [-0.2, -0.15) is 0 Å². The quantitative estimate of drug-likeness (QED) is 0.799. The largest absolute Gasteiger partial charge is 0.489 e. The minimum atomic E-state index is -0.512. The number of halogens is 1. The zero-order chi connectivity index (χ0) is 18.7. The van der Waals surface area contributed by atoms with Crippen LogP contribution < -0.4 is 4.74 Å². The Morgan fingerprint density at radius 3 is 2.65 bits per heavy atom. The van der Waals surface area contributed by atoms with E-state index in [1.807, 2.05) is 39.0 Å². The highest BCUT2D eigenvalue weighted by Crippen LogP contribution is 2.26. The average molecular weight is 357 g/mol. The fraction of sp³-hybridized carbons (Fsp3) is 0.381. The lowest BCUT2D eigenvalue weighted by atomic mass is 10.00. The van der Waals surface area contributed by atoms with E-state index in [1.54, 1.807) is 23.1 Å². The van der Waals surface area contributed by atoms with Crippen LogP contribution in [-0.2, 0) is 24.3 Å². The molecule has 0 radical (unpaired) electrons. The average Bonchev–Trinajstić information content (AvgIpc) is 2.59. The monoisotopic (exact) mass is 357 g/mol. The molecular weight excluding hydrogens is 333 g/mol. The summed E-state index contributed by atoms with van der Waals surface area (Å²) in [6.45, 7) is 6.87. The SMILES string of the molecule is CC(C)(C)OC(=O)N1CCc2ccc(OCc3ccccc3F)cc2C1. The summed E-state index contributed by atoms with van der Waals surface area (Å²) < 4.78 is 24.9. The van der Waals surface area contributed by atoms with Crippen molar-refractivity contribution in [3.63, 3.8) is 0 Å². The first-order chi connectivity index (χ1) is 12.3. The number of carbonyl (C=O) groups is 1. The molecule has 0 atom stereocenters. The van der Waals surface area contributed by atoms with E-state index in [4.69, 9.17) is 9.47 Å². The van der Waals surface area contributed by atoms with Crippen LogP contribution in [0.15, 0.2) is 42.5 Å². The van der Waals surface area contributed by atoms with E-state index in [0.29, 0.717) is 24.4 Å². The molecule has 2 aromatic carbocycles. The maximum atomic E-state index is 13.7. The van der Waals surface area contributed by atoms with E-state index in [1.165, 1.54) is 11.6 Å². The molecule has 26 heavy (non-hydrogen) atoms. The number of hydrogen-bond donors (Lipinski definition) is 0. The molecule has 1 aliphatic heterocycles. The standard InChI is InChI=1S/C21H24FNO3/c1-21(2,3)26-20(24)23-11-10-15-8-9-18(12-17(15)13-23)25-14-16-6-4-5-7-19(16)22/h4-9,12H,10-11,13-14H2,1-3H3. The highest BCUT2D eigenvalue weighted by Gasteiger charge is 2.25. The molecule has 0 aliphatic carbocycles. The molecule has 0 unspecified atom stereocenters. The number of nitrogens with zero attached hydrogens (tertiary/aromatic N) is 1. The maximum Gasteiger partial charge on any atom is 0.410 e. The lowest BCUT2D eigenvalue weighted by Gasteiger charge is -2.31. The molecule has 1 aliphatic rings. The second kappa shape index (κ2) is 7.36. The van der Waals surface area contributed by atoms with Crippen LogP contribution in [0.3, 0.4) is 0 Å². The molecule has 0 fully saturated rings. The molecule has 0 N–H and O–H groups in total. The Bertz CT molecular complexity index is 798. The van der Waals surface area contributed by atoms with Crippen LogP contribution in [0.4, 0.5) is 9.18 Å². The molecule has 2 aromatic rings. The van der Waals surface area contributed by atoms with Gasteiger partial charge in [-0.15, -0.1) is 0 Å². The van der Waals surface area contributed by atoms with Crippen LogP contribution in [0.25, 0.3) is 0 Å². The molecule has 1 heterocycles. The predicted octanol–water partition coefficient (Wildman–Crippen LogP) is 4.70. The van der Waals surface area contributed by atoms with Gasteiger partial charge < -0.3 is 14.4 Å². The van der Waals surface area contributed by atoms with E-state index < -0.39 is 5.60 Å². The third kappa shape index (κ3) is 4.54. The highest BCUT2D eigenvalue weighted by atomic mass is 19.1. The van der Waals surface area contributed by atoms with Gasteiger partial charge in [-0.1, -0.05) is 24.3 Å². The van der Waals surface area contributed by atoms with Crippen molar-refractivity contribution in [1.29, 1.82) is 0 Å².